The van der Waals surface area contributed by atoms with Gasteiger partial charge in [-0.15, -0.1) is 0 Å². The molecule has 1 heterocycles. The van der Waals surface area contributed by atoms with Gasteiger partial charge in [0, 0.05) is 5.57 Å². The Hall–Kier alpha value is -3.07. The van der Waals surface area contributed by atoms with Crippen LogP contribution in [0.1, 0.15) is 43.8 Å². The van der Waals surface area contributed by atoms with Gasteiger partial charge in [0.1, 0.15) is 11.8 Å². The molecule has 0 radical (unpaired) electrons. The predicted molar refractivity (Wildman–Crippen MR) is 94.0 cm³/mol. The zero-order valence-corrected chi connectivity index (χ0v) is 13.9. The summed E-state index contributed by atoms with van der Waals surface area (Å²) in [7, 11) is 0. The Kier molecular flexibility index (Phi) is 6.15. The number of allylic oxidation sites excluding steroid dienone is 1. The van der Waals surface area contributed by atoms with Gasteiger partial charge in [-0.1, -0.05) is 19.9 Å². The summed E-state index contributed by atoms with van der Waals surface area (Å²) in [6, 6.07) is 9.54. The molecule has 0 unspecified atom stereocenters. The molecule has 0 atom stereocenters. The van der Waals surface area contributed by atoms with Crippen LogP contribution in [-0.4, -0.2) is 17.8 Å². The molecule has 0 aliphatic carbocycles. The van der Waals surface area contributed by atoms with Crippen molar-refractivity contribution >= 4 is 17.7 Å². The average Bonchev–Trinajstić information content (AvgIpc) is 3.00. The number of anilines is 1. The van der Waals surface area contributed by atoms with Crippen molar-refractivity contribution in [2.45, 2.75) is 26.7 Å². The Labute approximate surface area is 141 Å². The second kappa shape index (κ2) is 8.53. The Balaban J connectivity index is 1.97. The molecule has 1 aromatic carbocycles. The monoisotopic (exact) mass is 324 g/mol. The maximum absolute atomic E-state index is 9.04. The topological polar surface area (TPSA) is 83.4 Å². The number of nitrogens with one attached hydrogen (secondary N) is 1. The van der Waals surface area contributed by atoms with Gasteiger partial charge in [-0.05, 0) is 43.2 Å². The van der Waals surface area contributed by atoms with Crippen LogP contribution in [0.25, 0.3) is 5.57 Å². The molecule has 2 rings (SSSR count). The van der Waals surface area contributed by atoms with Crippen LogP contribution >= 0.6 is 0 Å². The van der Waals surface area contributed by atoms with E-state index in [9.17, 15) is 0 Å². The van der Waals surface area contributed by atoms with E-state index in [4.69, 9.17) is 14.4 Å². The molecule has 0 spiro atoms. The van der Waals surface area contributed by atoms with E-state index < -0.39 is 0 Å². The molecule has 1 aromatic heterocycles. The number of nitriles is 1. The van der Waals surface area contributed by atoms with Gasteiger partial charge in [0.05, 0.1) is 12.8 Å². The van der Waals surface area contributed by atoms with E-state index in [1.165, 1.54) is 0 Å². The van der Waals surface area contributed by atoms with Crippen molar-refractivity contribution in [1.82, 2.24) is 4.98 Å². The number of hydrogen-bond donors (Lipinski definition) is 1. The molecule has 0 saturated heterocycles. The predicted octanol–water partition coefficient (Wildman–Crippen LogP) is 4.20. The van der Waals surface area contributed by atoms with E-state index in [0.717, 1.165) is 30.8 Å². The van der Waals surface area contributed by atoms with E-state index in [1.807, 2.05) is 30.3 Å². The van der Waals surface area contributed by atoms with E-state index in [1.54, 1.807) is 13.1 Å². The fraction of sp³-hybridized carbons (Fsp3) is 0.278. The first kappa shape index (κ1) is 17.3. The van der Waals surface area contributed by atoms with Crippen LogP contribution in [0, 0.1) is 11.3 Å². The van der Waals surface area contributed by atoms with Gasteiger partial charge in [-0.2, -0.15) is 15.3 Å². The van der Waals surface area contributed by atoms with E-state index in [2.05, 4.69) is 29.0 Å². The number of unbranched alkanes of at least 4 members (excludes halogenated alkanes) is 1. The highest BCUT2D eigenvalue weighted by molar-refractivity contribution is 5.80. The Morgan fingerprint density at radius 3 is 2.83 bits per heavy atom. The highest BCUT2D eigenvalue weighted by Crippen LogP contribution is 2.20. The SMILES string of the molecule is C=C(C)c1nc(C#N)c(N/N=C\c2ccc(OCCCC)cc2)o1. The lowest BCUT2D eigenvalue weighted by atomic mass is 10.2. The second-order valence-electron chi connectivity index (χ2n) is 5.23. The molecular weight excluding hydrogens is 304 g/mol. The number of aromatic nitrogens is 1. The number of rotatable bonds is 8. The van der Waals surface area contributed by atoms with Crippen LogP contribution in [0.4, 0.5) is 5.88 Å². The smallest absolute Gasteiger partial charge is 0.252 e. The van der Waals surface area contributed by atoms with Gasteiger partial charge in [0.15, 0.2) is 0 Å². The van der Waals surface area contributed by atoms with Gasteiger partial charge < -0.3 is 9.15 Å². The highest BCUT2D eigenvalue weighted by Gasteiger charge is 2.12. The third-order valence-electron chi connectivity index (χ3n) is 3.12. The molecule has 0 aliphatic rings. The summed E-state index contributed by atoms with van der Waals surface area (Å²) in [6.45, 7) is 8.33. The van der Waals surface area contributed by atoms with Gasteiger partial charge >= 0.3 is 0 Å². The number of oxazole rings is 1. The zero-order valence-electron chi connectivity index (χ0n) is 13.9. The van der Waals surface area contributed by atoms with Crippen molar-refractivity contribution in [3.05, 3.63) is 48.0 Å². The summed E-state index contributed by atoms with van der Waals surface area (Å²) < 4.78 is 11.0. The first-order valence-corrected chi connectivity index (χ1v) is 7.72. The van der Waals surface area contributed by atoms with Crippen LogP contribution in [-0.2, 0) is 0 Å². The standard InChI is InChI=1S/C18H20N4O2/c1-4-5-10-23-15-8-6-14(7-9-15)12-20-22-18-16(11-19)21-17(24-18)13(2)3/h6-9,12,22H,2,4-5,10H2,1,3H3/b20-12-. The van der Waals surface area contributed by atoms with Gasteiger partial charge in [-0.25, -0.2) is 5.43 Å². The summed E-state index contributed by atoms with van der Waals surface area (Å²) in [5, 5.41) is 13.1. The van der Waals surface area contributed by atoms with E-state index in [-0.39, 0.29) is 11.6 Å². The quantitative estimate of drug-likeness (QED) is 0.447. The molecule has 0 bridgehead atoms. The van der Waals surface area contributed by atoms with Crippen LogP contribution in [0.2, 0.25) is 0 Å². The lowest BCUT2D eigenvalue weighted by Crippen LogP contribution is -1.96. The zero-order chi connectivity index (χ0) is 17.4. The van der Waals surface area contributed by atoms with Crippen molar-refractivity contribution in [3.8, 4) is 11.8 Å². The summed E-state index contributed by atoms with van der Waals surface area (Å²) in [5.74, 6) is 1.35. The molecule has 124 valence electrons. The van der Waals surface area contributed by atoms with Crippen LogP contribution in [0.15, 0.2) is 40.4 Å². The number of nitrogens with zero attached hydrogens (tertiary/aromatic N) is 3. The Bertz CT molecular complexity index is 754. The third-order valence-corrected chi connectivity index (χ3v) is 3.12. The van der Waals surface area contributed by atoms with Gasteiger partial charge in [-0.3, -0.25) is 0 Å². The van der Waals surface area contributed by atoms with Crippen LogP contribution in [0.5, 0.6) is 5.75 Å². The molecule has 0 amide bonds. The highest BCUT2D eigenvalue weighted by atomic mass is 16.5. The lowest BCUT2D eigenvalue weighted by Gasteiger charge is -2.04. The number of hydrogen-bond acceptors (Lipinski definition) is 6. The third kappa shape index (κ3) is 4.71. The summed E-state index contributed by atoms with van der Waals surface area (Å²) in [6.07, 6.45) is 3.77. The Morgan fingerprint density at radius 2 is 2.21 bits per heavy atom. The van der Waals surface area contributed by atoms with Crippen molar-refractivity contribution in [2.75, 3.05) is 12.0 Å². The average molecular weight is 324 g/mol. The minimum atomic E-state index is 0.143. The number of benzene rings is 1. The van der Waals surface area contributed by atoms with Gasteiger partial charge in [0.2, 0.25) is 11.6 Å². The van der Waals surface area contributed by atoms with E-state index >= 15 is 0 Å². The molecule has 1 N–H and O–H groups in total. The minimum Gasteiger partial charge on any atom is -0.494 e. The second-order valence-corrected chi connectivity index (χ2v) is 5.23. The molecule has 0 aliphatic heterocycles. The Morgan fingerprint density at radius 1 is 1.46 bits per heavy atom. The molecule has 0 saturated carbocycles. The number of hydrazone groups is 1. The van der Waals surface area contributed by atoms with E-state index in [0.29, 0.717) is 11.5 Å². The summed E-state index contributed by atoms with van der Waals surface area (Å²) >= 11 is 0. The van der Waals surface area contributed by atoms with Gasteiger partial charge in [0.25, 0.3) is 5.88 Å². The van der Waals surface area contributed by atoms with Crippen molar-refractivity contribution in [1.29, 1.82) is 5.26 Å². The van der Waals surface area contributed by atoms with Crippen molar-refractivity contribution in [2.24, 2.45) is 5.10 Å². The molecular formula is C18H20N4O2. The molecule has 6 nitrogen and oxygen atoms in total. The largest absolute Gasteiger partial charge is 0.494 e. The normalized spacial score (nSPS) is 10.5. The fourth-order valence-electron chi connectivity index (χ4n) is 1.80. The summed E-state index contributed by atoms with van der Waals surface area (Å²) in [4.78, 5) is 4.02. The van der Waals surface area contributed by atoms with Crippen molar-refractivity contribution < 1.29 is 9.15 Å². The fourth-order valence-corrected chi connectivity index (χ4v) is 1.80. The minimum absolute atomic E-state index is 0.143. The molecule has 24 heavy (non-hydrogen) atoms. The maximum atomic E-state index is 9.04. The maximum Gasteiger partial charge on any atom is 0.252 e. The first-order chi connectivity index (χ1) is 11.6. The molecule has 0 fully saturated rings. The van der Waals surface area contributed by atoms with Crippen LogP contribution in [0.3, 0.4) is 0 Å². The molecule has 6 heteroatoms. The van der Waals surface area contributed by atoms with Crippen molar-refractivity contribution in [3.63, 3.8) is 0 Å². The first-order valence-electron chi connectivity index (χ1n) is 7.72. The molecule has 2 aromatic rings. The van der Waals surface area contributed by atoms with Crippen LogP contribution < -0.4 is 10.2 Å². The lowest BCUT2D eigenvalue weighted by molar-refractivity contribution is 0.309. The summed E-state index contributed by atoms with van der Waals surface area (Å²) in [5.41, 5.74) is 4.37. The number of ether oxygens (including phenoxy) is 1.